The molecule has 6 heteroatoms. The SMILES string of the molecule is C=C1C=CC(C(F)(F)F)=CN1C(=NC)c1cccc(C)c1Cl. The van der Waals surface area contributed by atoms with Gasteiger partial charge >= 0.3 is 6.18 Å². The van der Waals surface area contributed by atoms with Gasteiger partial charge in [-0.1, -0.05) is 30.3 Å². The number of rotatable bonds is 1. The molecule has 0 unspecified atom stereocenters. The van der Waals surface area contributed by atoms with E-state index in [1.165, 1.54) is 18.0 Å². The van der Waals surface area contributed by atoms with Gasteiger partial charge in [-0.3, -0.25) is 4.99 Å². The summed E-state index contributed by atoms with van der Waals surface area (Å²) in [7, 11) is 1.50. The highest BCUT2D eigenvalue weighted by molar-refractivity contribution is 6.35. The number of amidine groups is 1. The Bertz CT molecular complexity index is 700. The summed E-state index contributed by atoms with van der Waals surface area (Å²) < 4.78 is 38.7. The lowest BCUT2D eigenvalue weighted by atomic mass is 10.1. The maximum absolute atomic E-state index is 12.9. The molecule has 2 nitrogen and oxygen atoms in total. The van der Waals surface area contributed by atoms with Gasteiger partial charge < -0.3 is 4.90 Å². The molecule has 1 aliphatic heterocycles. The zero-order valence-corrected chi connectivity index (χ0v) is 12.8. The summed E-state index contributed by atoms with van der Waals surface area (Å²) in [5.41, 5.74) is 0.980. The largest absolute Gasteiger partial charge is 0.417 e. The van der Waals surface area contributed by atoms with Crippen LogP contribution < -0.4 is 0 Å². The number of hydrogen-bond donors (Lipinski definition) is 0. The fraction of sp³-hybridized carbons (Fsp3) is 0.188. The van der Waals surface area contributed by atoms with Gasteiger partial charge in [0.15, 0.2) is 0 Å². The lowest BCUT2D eigenvalue weighted by molar-refractivity contribution is -0.0890. The van der Waals surface area contributed by atoms with Gasteiger partial charge in [0, 0.05) is 24.5 Å². The van der Waals surface area contributed by atoms with Crippen LogP contribution in [-0.4, -0.2) is 24.0 Å². The standard InChI is InChI=1S/C16H14ClF3N2/c1-10-5-4-6-13(14(10)17)15(21-3)22-9-12(16(18,19)20)8-7-11(22)2/h4-9H,2H2,1,3H3. The molecule has 2 rings (SSSR count). The predicted octanol–water partition coefficient (Wildman–Crippen LogP) is 4.86. The van der Waals surface area contributed by atoms with Gasteiger partial charge in [0.2, 0.25) is 0 Å². The van der Waals surface area contributed by atoms with Crippen molar-refractivity contribution in [2.45, 2.75) is 13.1 Å². The maximum Gasteiger partial charge on any atom is 0.417 e. The fourth-order valence-corrected chi connectivity index (χ4v) is 2.28. The van der Waals surface area contributed by atoms with Gasteiger partial charge in [-0.25, -0.2) is 0 Å². The molecule has 0 radical (unpaired) electrons. The molecule has 1 heterocycles. The first-order chi connectivity index (χ1) is 10.3. The van der Waals surface area contributed by atoms with Crippen LogP contribution in [0, 0.1) is 6.92 Å². The molecule has 116 valence electrons. The number of alkyl halides is 3. The van der Waals surface area contributed by atoms with Crippen molar-refractivity contribution in [1.82, 2.24) is 4.90 Å². The molecule has 22 heavy (non-hydrogen) atoms. The van der Waals surface area contributed by atoms with E-state index in [0.29, 0.717) is 22.1 Å². The molecule has 0 saturated carbocycles. The molecular weight excluding hydrogens is 313 g/mol. The van der Waals surface area contributed by atoms with E-state index in [9.17, 15) is 13.2 Å². The van der Waals surface area contributed by atoms with Crippen molar-refractivity contribution in [2.24, 2.45) is 4.99 Å². The molecule has 0 atom stereocenters. The number of allylic oxidation sites excluding steroid dienone is 3. The van der Waals surface area contributed by atoms with E-state index in [2.05, 4.69) is 11.6 Å². The fourth-order valence-electron chi connectivity index (χ4n) is 2.07. The van der Waals surface area contributed by atoms with Crippen molar-refractivity contribution in [3.63, 3.8) is 0 Å². The van der Waals surface area contributed by atoms with Crippen LogP contribution in [0.15, 0.2) is 59.4 Å². The lowest BCUT2D eigenvalue weighted by Crippen LogP contribution is -2.29. The Balaban J connectivity index is 2.52. The summed E-state index contributed by atoms with van der Waals surface area (Å²) >= 11 is 6.26. The van der Waals surface area contributed by atoms with E-state index >= 15 is 0 Å². The normalized spacial score (nSPS) is 16.1. The zero-order valence-electron chi connectivity index (χ0n) is 12.1. The van der Waals surface area contributed by atoms with E-state index in [-0.39, 0.29) is 0 Å². The highest BCUT2D eigenvalue weighted by Crippen LogP contribution is 2.32. The smallest absolute Gasteiger partial charge is 0.302 e. The van der Waals surface area contributed by atoms with E-state index in [0.717, 1.165) is 17.8 Å². The third-order valence-corrected chi connectivity index (χ3v) is 3.73. The second kappa shape index (κ2) is 6.01. The van der Waals surface area contributed by atoms with Crippen molar-refractivity contribution in [3.05, 3.63) is 70.5 Å². The van der Waals surface area contributed by atoms with Crippen molar-refractivity contribution in [1.29, 1.82) is 0 Å². The molecule has 0 amide bonds. The Morgan fingerprint density at radius 1 is 1.27 bits per heavy atom. The number of aliphatic imine (C=N–C) groups is 1. The van der Waals surface area contributed by atoms with Crippen LogP contribution in [0.3, 0.4) is 0 Å². The molecule has 0 fully saturated rings. The summed E-state index contributed by atoms with van der Waals surface area (Å²) in [5, 5.41) is 0.451. The van der Waals surface area contributed by atoms with Crippen LogP contribution in [0.2, 0.25) is 5.02 Å². The minimum absolute atomic E-state index is 0.310. The zero-order chi connectivity index (χ0) is 16.5. The Morgan fingerprint density at radius 3 is 2.55 bits per heavy atom. The number of halogens is 4. The number of nitrogens with zero attached hydrogens (tertiary/aromatic N) is 2. The second-order valence-electron chi connectivity index (χ2n) is 4.76. The summed E-state index contributed by atoms with van der Waals surface area (Å²) in [6.07, 6.45) is -1.17. The molecule has 0 aliphatic carbocycles. The Hall–Kier alpha value is -2.01. The molecule has 1 aromatic carbocycles. The molecule has 1 aliphatic rings. The van der Waals surface area contributed by atoms with E-state index < -0.39 is 11.7 Å². The third-order valence-electron chi connectivity index (χ3n) is 3.23. The molecule has 0 aromatic heterocycles. The Morgan fingerprint density at radius 2 is 1.95 bits per heavy atom. The van der Waals surface area contributed by atoms with Crippen LogP contribution in [0.1, 0.15) is 11.1 Å². The van der Waals surface area contributed by atoms with Crippen molar-refractivity contribution < 1.29 is 13.2 Å². The highest BCUT2D eigenvalue weighted by Gasteiger charge is 2.34. The summed E-state index contributed by atoms with van der Waals surface area (Å²) in [6.45, 7) is 5.58. The van der Waals surface area contributed by atoms with Crippen LogP contribution in [0.25, 0.3) is 0 Å². The molecule has 0 bridgehead atoms. The minimum Gasteiger partial charge on any atom is -0.302 e. The van der Waals surface area contributed by atoms with Gasteiger partial charge in [0.25, 0.3) is 0 Å². The van der Waals surface area contributed by atoms with Gasteiger partial charge in [-0.2, -0.15) is 13.2 Å². The van der Waals surface area contributed by atoms with E-state index in [4.69, 9.17) is 11.6 Å². The average molecular weight is 327 g/mol. The maximum atomic E-state index is 12.9. The van der Waals surface area contributed by atoms with Gasteiger partial charge in [-0.15, -0.1) is 0 Å². The minimum atomic E-state index is -4.44. The lowest BCUT2D eigenvalue weighted by Gasteiger charge is -2.27. The van der Waals surface area contributed by atoms with Crippen LogP contribution in [0.5, 0.6) is 0 Å². The predicted molar refractivity (Wildman–Crippen MR) is 82.9 cm³/mol. The van der Waals surface area contributed by atoms with E-state index in [1.54, 1.807) is 12.1 Å². The van der Waals surface area contributed by atoms with Gasteiger partial charge in [-0.05, 0) is 30.7 Å². The summed E-state index contributed by atoms with van der Waals surface area (Å²) in [6, 6.07) is 5.31. The number of benzene rings is 1. The number of aryl methyl sites for hydroxylation is 1. The average Bonchev–Trinajstić information content (AvgIpc) is 2.44. The van der Waals surface area contributed by atoms with Crippen LogP contribution in [0.4, 0.5) is 13.2 Å². The molecule has 0 spiro atoms. The monoisotopic (exact) mass is 326 g/mol. The molecule has 1 aromatic rings. The number of hydrogen-bond acceptors (Lipinski definition) is 1. The molecule has 0 saturated heterocycles. The van der Waals surface area contributed by atoms with E-state index in [1.807, 2.05) is 13.0 Å². The first kappa shape index (κ1) is 16.4. The Labute approximate surface area is 131 Å². The van der Waals surface area contributed by atoms with Gasteiger partial charge in [0.05, 0.1) is 10.6 Å². The quantitative estimate of drug-likeness (QED) is 0.531. The first-order valence-electron chi connectivity index (χ1n) is 6.43. The highest BCUT2D eigenvalue weighted by atomic mass is 35.5. The molecular formula is C16H14ClF3N2. The van der Waals surface area contributed by atoms with Crippen molar-refractivity contribution >= 4 is 17.4 Å². The first-order valence-corrected chi connectivity index (χ1v) is 6.81. The van der Waals surface area contributed by atoms with Crippen LogP contribution in [-0.2, 0) is 0 Å². The third kappa shape index (κ3) is 3.09. The topological polar surface area (TPSA) is 15.6 Å². The summed E-state index contributed by atoms with van der Waals surface area (Å²) in [4.78, 5) is 5.40. The van der Waals surface area contributed by atoms with Gasteiger partial charge in [0.1, 0.15) is 5.84 Å². The van der Waals surface area contributed by atoms with Crippen LogP contribution >= 0.6 is 11.6 Å². The van der Waals surface area contributed by atoms with Crippen molar-refractivity contribution in [2.75, 3.05) is 7.05 Å². The van der Waals surface area contributed by atoms with Crippen molar-refractivity contribution in [3.8, 4) is 0 Å². The Kier molecular flexibility index (Phi) is 4.47. The second-order valence-corrected chi connectivity index (χ2v) is 5.14. The molecule has 0 N–H and O–H groups in total. The summed E-state index contributed by atoms with van der Waals surface area (Å²) in [5.74, 6) is 0.310.